The first-order chi connectivity index (χ1) is 16.7. The van der Waals surface area contributed by atoms with Gasteiger partial charge in [0, 0.05) is 20.9 Å². The molecule has 0 saturated carbocycles. The Balaban J connectivity index is 1.96. The molecule has 0 saturated heterocycles. The molecular formula is C25H27Br2N3O5. The molecule has 0 unspecified atom stereocenters. The lowest BCUT2D eigenvalue weighted by Crippen LogP contribution is -2.22. The van der Waals surface area contributed by atoms with E-state index in [-0.39, 0.29) is 18.3 Å². The Morgan fingerprint density at radius 1 is 1.20 bits per heavy atom. The van der Waals surface area contributed by atoms with Gasteiger partial charge in [-0.15, -0.1) is 0 Å². The summed E-state index contributed by atoms with van der Waals surface area (Å²) in [6.45, 7) is 5.38. The number of halogens is 2. The van der Waals surface area contributed by atoms with Crippen LogP contribution in [-0.2, 0) is 16.0 Å². The monoisotopic (exact) mass is 607 g/mol. The Kier molecular flexibility index (Phi) is 9.45. The molecule has 10 heteroatoms. The van der Waals surface area contributed by atoms with Crippen molar-refractivity contribution >= 4 is 54.9 Å². The number of hydrogen-bond donors (Lipinski definition) is 0. The number of aryl methyl sites for hydroxylation is 1. The van der Waals surface area contributed by atoms with Gasteiger partial charge in [0.2, 0.25) is 0 Å². The molecule has 0 N–H and O–H groups in total. The fraction of sp³-hybridized carbons (Fsp3) is 0.360. The molecule has 3 rings (SSSR count). The highest BCUT2D eigenvalue weighted by Gasteiger charge is 2.14. The number of nitrogens with zero attached hydrogens (tertiary/aromatic N) is 3. The molecule has 1 heterocycles. The number of methoxy groups -OCH3 is 1. The number of fused-ring (bicyclic) bond motifs is 1. The summed E-state index contributed by atoms with van der Waals surface area (Å²) in [5.41, 5.74) is 1.04. The van der Waals surface area contributed by atoms with Crippen molar-refractivity contribution in [3.8, 4) is 11.5 Å². The van der Waals surface area contributed by atoms with E-state index >= 15 is 0 Å². The Morgan fingerprint density at radius 2 is 1.97 bits per heavy atom. The van der Waals surface area contributed by atoms with Gasteiger partial charge in [0.05, 0.1) is 30.3 Å². The minimum atomic E-state index is -0.474. The average Bonchev–Trinajstić information content (AvgIpc) is 2.81. The summed E-state index contributed by atoms with van der Waals surface area (Å²) in [6, 6.07) is 8.82. The molecule has 0 amide bonds. The molecule has 0 bridgehead atoms. The van der Waals surface area contributed by atoms with Crippen LogP contribution in [0.4, 0.5) is 0 Å². The van der Waals surface area contributed by atoms with Crippen LogP contribution in [0.2, 0.25) is 0 Å². The molecule has 0 atom stereocenters. The molecule has 0 aliphatic heterocycles. The summed E-state index contributed by atoms with van der Waals surface area (Å²) >= 11 is 6.92. The Morgan fingerprint density at radius 3 is 2.66 bits per heavy atom. The third-order valence-corrected chi connectivity index (χ3v) is 6.12. The van der Waals surface area contributed by atoms with Crippen molar-refractivity contribution in [3.05, 3.63) is 61.0 Å². The molecule has 0 spiro atoms. The van der Waals surface area contributed by atoms with Crippen LogP contribution in [0, 0.1) is 0 Å². The van der Waals surface area contributed by atoms with Gasteiger partial charge in [0.25, 0.3) is 5.56 Å². The number of ether oxygens (including phenoxy) is 3. The molecule has 186 valence electrons. The molecule has 1 aromatic heterocycles. The molecule has 2 aromatic carbocycles. The molecule has 35 heavy (non-hydrogen) atoms. The second-order valence-corrected chi connectivity index (χ2v) is 9.78. The zero-order valence-corrected chi connectivity index (χ0v) is 23.2. The van der Waals surface area contributed by atoms with Crippen molar-refractivity contribution in [1.29, 1.82) is 0 Å². The lowest BCUT2D eigenvalue weighted by Gasteiger charge is -2.13. The van der Waals surface area contributed by atoms with Gasteiger partial charge in [-0.3, -0.25) is 4.79 Å². The fourth-order valence-corrected chi connectivity index (χ4v) is 4.07. The van der Waals surface area contributed by atoms with E-state index in [9.17, 15) is 9.59 Å². The molecule has 0 radical (unpaired) electrons. The predicted molar refractivity (Wildman–Crippen MR) is 143 cm³/mol. The Bertz CT molecular complexity index is 1300. The van der Waals surface area contributed by atoms with Gasteiger partial charge < -0.3 is 14.2 Å². The van der Waals surface area contributed by atoms with Gasteiger partial charge in [0.15, 0.2) is 18.1 Å². The predicted octanol–water partition coefficient (Wildman–Crippen LogP) is 5.49. The molecule has 3 aromatic rings. The highest BCUT2D eigenvalue weighted by atomic mass is 79.9. The Labute approximate surface area is 220 Å². The topological polar surface area (TPSA) is 92.0 Å². The first-order valence-corrected chi connectivity index (χ1v) is 12.8. The average molecular weight is 609 g/mol. The molecule has 8 nitrogen and oxygen atoms in total. The van der Waals surface area contributed by atoms with Crippen molar-refractivity contribution in [2.45, 2.75) is 46.1 Å². The van der Waals surface area contributed by atoms with Crippen LogP contribution in [0.3, 0.4) is 0 Å². The van der Waals surface area contributed by atoms with Crippen LogP contribution >= 0.6 is 31.9 Å². The van der Waals surface area contributed by atoms with E-state index in [4.69, 9.17) is 14.2 Å². The third-order valence-electron chi connectivity index (χ3n) is 4.94. The molecular weight excluding hydrogens is 582 g/mol. The lowest BCUT2D eigenvalue weighted by molar-refractivity contribution is -0.149. The maximum Gasteiger partial charge on any atom is 0.344 e. The number of aromatic nitrogens is 2. The summed E-state index contributed by atoms with van der Waals surface area (Å²) in [6.07, 6.45) is 3.80. The zero-order valence-electron chi connectivity index (χ0n) is 20.0. The minimum absolute atomic E-state index is 0.227. The van der Waals surface area contributed by atoms with Crippen LogP contribution in [0.15, 0.2) is 49.2 Å². The first kappa shape index (κ1) is 26.9. The number of esters is 1. The van der Waals surface area contributed by atoms with Crippen molar-refractivity contribution in [1.82, 2.24) is 9.66 Å². The highest BCUT2D eigenvalue weighted by molar-refractivity contribution is 9.10. The molecule has 0 fully saturated rings. The number of rotatable bonds is 10. The number of unbranched alkanes of at least 4 members (excludes halogenated alkanes) is 1. The number of hydrogen-bond acceptors (Lipinski definition) is 7. The molecule has 0 aliphatic carbocycles. The largest absolute Gasteiger partial charge is 0.493 e. The van der Waals surface area contributed by atoms with E-state index in [0.717, 1.165) is 17.3 Å². The highest BCUT2D eigenvalue weighted by Crippen LogP contribution is 2.33. The van der Waals surface area contributed by atoms with Gasteiger partial charge in [-0.05, 0) is 66.5 Å². The van der Waals surface area contributed by atoms with Crippen LogP contribution < -0.4 is 15.0 Å². The summed E-state index contributed by atoms with van der Waals surface area (Å²) in [4.78, 5) is 29.8. The SMILES string of the molecule is CCCCc1nc2ccc(Br)cc2c(=O)n1N=Cc1cc(OC)c(OCC(=O)OC(C)C)cc1Br. The summed E-state index contributed by atoms with van der Waals surface area (Å²) in [5, 5.41) is 4.96. The van der Waals surface area contributed by atoms with Crippen molar-refractivity contribution in [2.75, 3.05) is 13.7 Å². The van der Waals surface area contributed by atoms with Crippen LogP contribution in [-0.4, -0.2) is 41.7 Å². The van der Waals surface area contributed by atoms with Crippen molar-refractivity contribution in [3.63, 3.8) is 0 Å². The standard InChI is InChI=1S/C25H27Br2N3O5/c1-5-6-7-23-29-20-9-8-17(26)11-18(20)25(32)30(23)28-13-16-10-21(33-4)22(12-19(16)27)34-14-24(31)35-15(2)3/h8-13,15H,5-7,14H2,1-4H3. The summed E-state index contributed by atoms with van der Waals surface area (Å²) in [5.74, 6) is 0.897. The number of carbonyl (C=O) groups is 1. The second-order valence-electron chi connectivity index (χ2n) is 8.01. The fourth-order valence-electron chi connectivity index (χ4n) is 3.29. The van der Waals surface area contributed by atoms with E-state index in [1.54, 1.807) is 38.3 Å². The maximum absolute atomic E-state index is 13.3. The smallest absolute Gasteiger partial charge is 0.344 e. The third kappa shape index (κ3) is 6.91. The first-order valence-electron chi connectivity index (χ1n) is 11.2. The van der Waals surface area contributed by atoms with E-state index in [2.05, 4.69) is 48.9 Å². The molecule has 0 aliphatic rings. The lowest BCUT2D eigenvalue weighted by atomic mass is 10.2. The van der Waals surface area contributed by atoms with E-state index in [1.807, 2.05) is 12.1 Å². The summed E-state index contributed by atoms with van der Waals surface area (Å²) < 4.78 is 18.9. The number of carbonyl (C=O) groups excluding carboxylic acids is 1. The van der Waals surface area contributed by atoms with Crippen LogP contribution in [0.1, 0.15) is 45.0 Å². The maximum atomic E-state index is 13.3. The number of benzene rings is 2. The van der Waals surface area contributed by atoms with E-state index in [0.29, 0.717) is 44.7 Å². The van der Waals surface area contributed by atoms with Gasteiger partial charge >= 0.3 is 5.97 Å². The minimum Gasteiger partial charge on any atom is -0.493 e. The normalized spacial score (nSPS) is 11.4. The zero-order chi connectivity index (χ0) is 25.5. The van der Waals surface area contributed by atoms with Crippen molar-refractivity contribution in [2.24, 2.45) is 5.10 Å². The van der Waals surface area contributed by atoms with Crippen LogP contribution in [0.5, 0.6) is 11.5 Å². The van der Waals surface area contributed by atoms with Crippen LogP contribution in [0.25, 0.3) is 10.9 Å². The van der Waals surface area contributed by atoms with Gasteiger partial charge in [0.1, 0.15) is 5.82 Å². The van der Waals surface area contributed by atoms with E-state index < -0.39 is 5.97 Å². The van der Waals surface area contributed by atoms with E-state index in [1.165, 1.54) is 11.8 Å². The van der Waals surface area contributed by atoms with Crippen molar-refractivity contribution < 1.29 is 19.0 Å². The van der Waals surface area contributed by atoms with Gasteiger partial charge in [-0.25, -0.2) is 9.78 Å². The quantitative estimate of drug-likeness (QED) is 0.223. The summed E-state index contributed by atoms with van der Waals surface area (Å²) in [7, 11) is 1.50. The van der Waals surface area contributed by atoms with Gasteiger partial charge in [-0.2, -0.15) is 9.78 Å². The second kappa shape index (κ2) is 12.3. The van der Waals surface area contributed by atoms with Gasteiger partial charge in [-0.1, -0.05) is 29.3 Å². The Hall–Kier alpha value is -2.72.